The Morgan fingerprint density at radius 1 is 1.25 bits per heavy atom. The van der Waals surface area contributed by atoms with Crippen molar-refractivity contribution >= 4 is 5.91 Å². The molecule has 0 spiro atoms. The summed E-state index contributed by atoms with van der Waals surface area (Å²) < 4.78 is 0. The lowest BCUT2D eigenvalue weighted by molar-refractivity contribution is -0.130. The molecule has 4 nitrogen and oxygen atoms in total. The average molecular weight is 281 g/mol. The quantitative estimate of drug-likeness (QED) is 0.852. The van der Waals surface area contributed by atoms with Gasteiger partial charge >= 0.3 is 0 Å². The lowest BCUT2D eigenvalue weighted by Crippen LogP contribution is -2.50. The molecule has 1 heterocycles. The highest BCUT2D eigenvalue weighted by molar-refractivity contribution is 5.77. The molecule has 0 bridgehead atoms. The summed E-state index contributed by atoms with van der Waals surface area (Å²) in [5.41, 5.74) is 0.456. The lowest BCUT2D eigenvalue weighted by atomic mass is 9.86. The fourth-order valence-corrected chi connectivity index (χ4v) is 3.51. The summed E-state index contributed by atoms with van der Waals surface area (Å²) in [6.45, 7) is 7.45. The summed E-state index contributed by atoms with van der Waals surface area (Å²) in [4.78, 5) is 15.7. The van der Waals surface area contributed by atoms with E-state index < -0.39 is 0 Å². The zero-order valence-electron chi connectivity index (χ0n) is 13.6. The third-order valence-corrected chi connectivity index (χ3v) is 5.14. The van der Waals surface area contributed by atoms with E-state index >= 15 is 0 Å². The first-order valence-corrected chi connectivity index (χ1v) is 8.07. The van der Waals surface area contributed by atoms with Gasteiger partial charge in [-0.15, -0.1) is 0 Å². The van der Waals surface area contributed by atoms with Crippen LogP contribution in [0.1, 0.15) is 46.0 Å². The molecule has 0 aromatic carbocycles. The van der Waals surface area contributed by atoms with E-state index in [1.165, 1.54) is 32.1 Å². The maximum atomic E-state index is 11.7. The smallest absolute Gasteiger partial charge is 0.236 e. The Hall–Kier alpha value is -0.610. The summed E-state index contributed by atoms with van der Waals surface area (Å²) in [6.07, 6.45) is 6.38. The minimum atomic E-state index is 0.216. The Labute approximate surface area is 123 Å². The molecule has 1 aliphatic heterocycles. The van der Waals surface area contributed by atoms with E-state index in [1.54, 1.807) is 4.90 Å². The maximum absolute atomic E-state index is 11.7. The molecular weight excluding hydrogens is 250 g/mol. The lowest BCUT2D eigenvalue weighted by Gasteiger charge is -2.37. The first-order valence-electron chi connectivity index (χ1n) is 8.07. The zero-order valence-corrected chi connectivity index (χ0v) is 13.6. The average Bonchev–Trinajstić information content (AvgIpc) is 2.71. The van der Waals surface area contributed by atoms with Crippen LogP contribution in [0, 0.1) is 5.41 Å². The molecule has 1 saturated heterocycles. The monoisotopic (exact) mass is 281 g/mol. The van der Waals surface area contributed by atoms with E-state index in [4.69, 9.17) is 0 Å². The summed E-state index contributed by atoms with van der Waals surface area (Å²) in [5.74, 6) is 0.216. The Balaban J connectivity index is 1.73. The standard InChI is InChI=1S/C16H31N3O/c1-16(2)9-5-6-14(16)17-13-7-10-19(11-8-13)12-15(20)18(3)4/h13-14,17H,5-12H2,1-4H3. The number of amides is 1. The molecule has 0 aromatic heterocycles. The van der Waals surface area contributed by atoms with Crippen LogP contribution in [0.15, 0.2) is 0 Å². The number of likely N-dealkylation sites (N-methyl/N-ethyl adjacent to an activating group) is 1. The van der Waals surface area contributed by atoms with E-state index in [-0.39, 0.29) is 5.91 Å². The highest BCUT2D eigenvalue weighted by Gasteiger charge is 2.36. The van der Waals surface area contributed by atoms with E-state index in [2.05, 4.69) is 24.1 Å². The van der Waals surface area contributed by atoms with Gasteiger partial charge in [-0.05, 0) is 31.1 Å². The van der Waals surface area contributed by atoms with Crippen molar-refractivity contribution in [2.45, 2.75) is 58.0 Å². The summed E-state index contributed by atoms with van der Waals surface area (Å²) in [5, 5.41) is 3.88. The summed E-state index contributed by atoms with van der Waals surface area (Å²) >= 11 is 0. The molecule has 1 atom stereocenters. The molecule has 1 saturated carbocycles. The summed E-state index contributed by atoms with van der Waals surface area (Å²) in [6, 6.07) is 1.32. The fourth-order valence-electron chi connectivity index (χ4n) is 3.51. The predicted molar refractivity (Wildman–Crippen MR) is 82.7 cm³/mol. The molecule has 2 fully saturated rings. The third-order valence-electron chi connectivity index (χ3n) is 5.14. The van der Waals surface area contributed by atoms with Crippen LogP contribution in [0.2, 0.25) is 0 Å². The first-order chi connectivity index (χ1) is 9.38. The molecule has 2 rings (SSSR count). The Bertz CT molecular complexity index is 333. The Morgan fingerprint density at radius 2 is 1.90 bits per heavy atom. The minimum Gasteiger partial charge on any atom is -0.348 e. The molecule has 0 radical (unpaired) electrons. The molecule has 2 aliphatic rings. The van der Waals surface area contributed by atoms with Gasteiger partial charge in [0.25, 0.3) is 0 Å². The van der Waals surface area contributed by atoms with Gasteiger partial charge in [-0.3, -0.25) is 9.69 Å². The van der Waals surface area contributed by atoms with Crippen molar-refractivity contribution < 1.29 is 4.79 Å². The largest absolute Gasteiger partial charge is 0.348 e. The number of carbonyl (C=O) groups excluding carboxylic acids is 1. The van der Waals surface area contributed by atoms with Gasteiger partial charge < -0.3 is 10.2 Å². The summed E-state index contributed by atoms with van der Waals surface area (Å²) in [7, 11) is 3.66. The highest BCUT2D eigenvalue weighted by atomic mass is 16.2. The van der Waals surface area contributed by atoms with Gasteiger partial charge in [0.1, 0.15) is 0 Å². The first kappa shape index (κ1) is 15.8. The van der Waals surface area contributed by atoms with E-state index in [9.17, 15) is 4.79 Å². The number of carbonyl (C=O) groups is 1. The van der Waals surface area contributed by atoms with Gasteiger partial charge in [0.15, 0.2) is 0 Å². The van der Waals surface area contributed by atoms with Crippen molar-refractivity contribution in [3.8, 4) is 0 Å². The molecule has 1 aliphatic carbocycles. The van der Waals surface area contributed by atoms with E-state index in [1.807, 2.05) is 14.1 Å². The number of hydrogen-bond acceptors (Lipinski definition) is 3. The number of nitrogens with zero attached hydrogens (tertiary/aromatic N) is 2. The van der Waals surface area contributed by atoms with Crippen molar-refractivity contribution in [1.82, 2.24) is 15.1 Å². The molecular formula is C16H31N3O. The SMILES string of the molecule is CN(C)C(=O)CN1CCC(NC2CCCC2(C)C)CC1. The van der Waals surface area contributed by atoms with E-state index in [0.29, 0.717) is 24.0 Å². The van der Waals surface area contributed by atoms with Crippen molar-refractivity contribution in [2.75, 3.05) is 33.7 Å². The minimum absolute atomic E-state index is 0.216. The van der Waals surface area contributed by atoms with E-state index in [0.717, 1.165) is 13.1 Å². The topological polar surface area (TPSA) is 35.6 Å². The van der Waals surface area contributed by atoms with Crippen LogP contribution in [-0.2, 0) is 4.79 Å². The molecule has 1 unspecified atom stereocenters. The van der Waals surface area contributed by atoms with Gasteiger partial charge in [0.05, 0.1) is 6.54 Å². The van der Waals surface area contributed by atoms with Crippen molar-refractivity contribution in [1.29, 1.82) is 0 Å². The zero-order chi connectivity index (χ0) is 14.8. The van der Waals surface area contributed by atoms with Crippen molar-refractivity contribution in [3.63, 3.8) is 0 Å². The number of nitrogens with one attached hydrogen (secondary N) is 1. The van der Waals surface area contributed by atoms with Gasteiger partial charge in [0, 0.05) is 39.3 Å². The third kappa shape index (κ3) is 3.95. The van der Waals surface area contributed by atoms with Gasteiger partial charge in [-0.25, -0.2) is 0 Å². The van der Waals surface area contributed by atoms with Crippen LogP contribution in [0.5, 0.6) is 0 Å². The number of hydrogen-bond donors (Lipinski definition) is 1. The second kappa shape index (κ2) is 6.44. The van der Waals surface area contributed by atoms with Crippen LogP contribution < -0.4 is 5.32 Å². The van der Waals surface area contributed by atoms with Gasteiger partial charge in [-0.2, -0.15) is 0 Å². The molecule has 1 amide bonds. The van der Waals surface area contributed by atoms with Gasteiger partial charge in [0.2, 0.25) is 5.91 Å². The number of likely N-dealkylation sites (tertiary alicyclic amines) is 1. The Kier molecular flexibility index (Phi) is 5.08. The second-order valence-electron chi connectivity index (χ2n) is 7.44. The van der Waals surface area contributed by atoms with Crippen LogP contribution in [0.25, 0.3) is 0 Å². The maximum Gasteiger partial charge on any atom is 0.236 e. The van der Waals surface area contributed by atoms with Crippen molar-refractivity contribution in [3.05, 3.63) is 0 Å². The fraction of sp³-hybridized carbons (Fsp3) is 0.938. The highest BCUT2D eigenvalue weighted by Crippen LogP contribution is 2.37. The predicted octanol–water partition coefficient (Wildman–Crippen LogP) is 1.71. The molecule has 20 heavy (non-hydrogen) atoms. The van der Waals surface area contributed by atoms with Crippen LogP contribution in [0.4, 0.5) is 0 Å². The van der Waals surface area contributed by atoms with Gasteiger partial charge in [-0.1, -0.05) is 20.3 Å². The van der Waals surface area contributed by atoms with Crippen LogP contribution >= 0.6 is 0 Å². The molecule has 116 valence electrons. The van der Waals surface area contributed by atoms with Crippen LogP contribution in [0.3, 0.4) is 0 Å². The second-order valence-corrected chi connectivity index (χ2v) is 7.44. The van der Waals surface area contributed by atoms with Crippen LogP contribution in [-0.4, -0.2) is 61.5 Å². The molecule has 4 heteroatoms. The number of piperidine rings is 1. The number of rotatable bonds is 4. The Morgan fingerprint density at radius 3 is 2.40 bits per heavy atom. The van der Waals surface area contributed by atoms with Crippen molar-refractivity contribution in [2.24, 2.45) is 5.41 Å². The normalized spacial score (nSPS) is 27.7. The molecule has 0 aromatic rings. The molecule has 1 N–H and O–H groups in total.